The maximum absolute atomic E-state index is 13.3. The number of sulfonamides is 1. The van der Waals surface area contributed by atoms with Gasteiger partial charge in [-0.3, -0.25) is 4.79 Å². The summed E-state index contributed by atoms with van der Waals surface area (Å²) in [5, 5.41) is 0. The van der Waals surface area contributed by atoms with Gasteiger partial charge in [0.2, 0.25) is 10.0 Å². The van der Waals surface area contributed by atoms with Crippen molar-refractivity contribution in [1.82, 2.24) is 9.21 Å². The standard InChI is InChI=1S/C22H26N2O4S/c1-17-7-8-19(15-21(17)29(26,27)23-11-13-28-14-12-23)22(25)24(20-9-10-20)16-18-5-3-2-4-6-18/h2-8,15,20H,9-14,16H2,1H3. The van der Waals surface area contributed by atoms with E-state index < -0.39 is 10.0 Å². The molecule has 2 fully saturated rings. The smallest absolute Gasteiger partial charge is 0.254 e. The van der Waals surface area contributed by atoms with Crippen LogP contribution in [-0.2, 0) is 21.3 Å². The fourth-order valence-electron chi connectivity index (χ4n) is 3.64. The molecule has 2 aliphatic rings. The Morgan fingerprint density at radius 2 is 1.79 bits per heavy atom. The predicted molar refractivity (Wildman–Crippen MR) is 110 cm³/mol. The Kier molecular flexibility index (Phi) is 5.72. The maximum atomic E-state index is 13.3. The molecule has 0 unspecified atom stereocenters. The lowest BCUT2D eigenvalue weighted by Gasteiger charge is -2.27. The molecule has 7 heteroatoms. The molecule has 4 rings (SSSR count). The molecular weight excluding hydrogens is 388 g/mol. The lowest BCUT2D eigenvalue weighted by molar-refractivity contribution is 0.0725. The van der Waals surface area contributed by atoms with Gasteiger partial charge in [-0.2, -0.15) is 4.31 Å². The molecule has 0 radical (unpaired) electrons. The highest BCUT2D eigenvalue weighted by Crippen LogP contribution is 2.31. The monoisotopic (exact) mass is 414 g/mol. The summed E-state index contributed by atoms with van der Waals surface area (Å²) in [6.07, 6.45) is 1.98. The van der Waals surface area contributed by atoms with Gasteiger partial charge in [0.1, 0.15) is 0 Å². The number of carbonyl (C=O) groups is 1. The third kappa shape index (κ3) is 4.37. The van der Waals surface area contributed by atoms with Crippen molar-refractivity contribution in [2.24, 2.45) is 0 Å². The van der Waals surface area contributed by atoms with Crippen LogP contribution in [0.3, 0.4) is 0 Å². The average molecular weight is 415 g/mol. The number of nitrogens with zero attached hydrogens (tertiary/aromatic N) is 2. The van der Waals surface area contributed by atoms with E-state index in [4.69, 9.17) is 4.74 Å². The molecular formula is C22H26N2O4S. The van der Waals surface area contributed by atoms with Gasteiger partial charge >= 0.3 is 0 Å². The SMILES string of the molecule is Cc1ccc(C(=O)N(Cc2ccccc2)C2CC2)cc1S(=O)(=O)N1CCOCC1. The Hall–Kier alpha value is -2.22. The van der Waals surface area contributed by atoms with E-state index in [1.807, 2.05) is 35.2 Å². The van der Waals surface area contributed by atoms with E-state index in [1.165, 1.54) is 4.31 Å². The molecule has 2 aromatic carbocycles. The molecule has 1 amide bonds. The first kappa shape index (κ1) is 20.1. The molecule has 0 atom stereocenters. The van der Waals surface area contributed by atoms with Crippen molar-refractivity contribution < 1.29 is 17.9 Å². The van der Waals surface area contributed by atoms with Crippen LogP contribution in [0.2, 0.25) is 0 Å². The molecule has 0 aromatic heterocycles. The average Bonchev–Trinajstić information content (AvgIpc) is 3.58. The largest absolute Gasteiger partial charge is 0.379 e. The van der Waals surface area contributed by atoms with Crippen LogP contribution in [0.25, 0.3) is 0 Å². The van der Waals surface area contributed by atoms with Crippen LogP contribution in [0.1, 0.15) is 34.3 Å². The van der Waals surface area contributed by atoms with Crippen LogP contribution in [-0.4, -0.2) is 55.9 Å². The summed E-state index contributed by atoms with van der Waals surface area (Å²) in [6, 6.07) is 15.1. The predicted octanol–water partition coefficient (Wildman–Crippen LogP) is 2.82. The summed E-state index contributed by atoms with van der Waals surface area (Å²) in [5.74, 6) is -0.116. The number of benzene rings is 2. The molecule has 1 heterocycles. The van der Waals surface area contributed by atoms with Crippen LogP contribution in [0.4, 0.5) is 0 Å². The molecule has 1 saturated carbocycles. The van der Waals surface area contributed by atoms with Gasteiger partial charge in [-0.05, 0) is 43.0 Å². The van der Waals surface area contributed by atoms with Crippen molar-refractivity contribution in [2.75, 3.05) is 26.3 Å². The second-order valence-corrected chi connectivity index (χ2v) is 9.55. The second-order valence-electron chi connectivity index (χ2n) is 7.65. The first-order chi connectivity index (χ1) is 14.0. The van der Waals surface area contributed by atoms with Crippen molar-refractivity contribution in [3.63, 3.8) is 0 Å². The van der Waals surface area contributed by atoms with Gasteiger partial charge < -0.3 is 9.64 Å². The summed E-state index contributed by atoms with van der Waals surface area (Å²) in [5.41, 5.74) is 2.14. The molecule has 1 aliphatic heterocycles. The van der Waals surface area contributed by atoms with Gasteiger partial charge in [0.05, 0.1) is 18.1 Å². The molecule has 29 heavy (non-hydrogen) atoms. The van der Waals surface area contributed by atoms with Crippen molar-refractivity contribution in [2.45, 2.75) is 37.2 Å². The molecule has 0 spiro atoms. The number of ether oxygens (including phenoxy) is 1. The van der Waals surface area contributed by atoms with E-state index in [0.717, 1.165) is 18.4 Å². The van der Waals surface area contributed by atoms with E-state index in [9.17, 15) is 13.2 Å². The van der Waals surface area contributed by atoms with E-state index in [-0.39, 0.29) is 16.8 Å². The highest BCUT2D eigenvalue weighted by molar-refractivity contribution is 7.89. The van der Waals surface area contributed by atoms with Crippen LogP contribution < -0.4 is 0 Å². The van der Waals surface area contributed by atoms with Crippen molar-refractivity contribution in [1.29, 1.82) is 0 Å². The van der Waals surface area contributed by atoms with E-state index in [0.29, 0.717) is 44.0 Å². The number of rotatable bonds is 6. The van der Waals surface area contributed by atoms with Gasteiger partial charge in [0, 0.05) is 31.2 Å². The number of hydrogen-bond acceptors (Lipinski definition) is 4. The van der Waals surface area contributed by atoms with Crippen molar-refractivity contribution >= 4 is 15.9 Å². The molecule has 1 saturated heterocycles. The third-order valence-corrected chi connectivity index (χ3v) is 7.51. The van der Waals surface area contributed by atoms with E-state index in [2.05, 4.69) is 0 Å². The summed E-state index contributed by atoms with van der Waals surface area (Å²) in [7, 11) is -3.66. The third-order valence-electron chi connectivity index (χ3n) is 5.47. The summed E-state index contributed by atoms with van der Waals surface area (Å²) >= 11 is 0. The highest BCUT2D eigenvalue weighted by atomic mass is 32.2. The van der Waals surface area contributed by atoms with Gasteiger partial charge in [-0.1, -0.05) is 36.4 Å². The first-order valence-electron chi connectivity index (χ1n) is 10.0. The number of amides is 1. The first-order valence-corrected chi connectivity index (χ1v) is 11.4. The summed E-state index contributed by atoms with van der Waals surface area (Å²) < 4.78 is 33.0. The topological polar surface area (TPSA) is 66.9 Å². The Balaban J connectivity index is 1.62. The normalized spacial score (nSPS) is 17.8. The Labute approximate surface area is 172 Å². The molecule has 0 bridgehead atoms. The lowest BCUT2D eigenvalue weighted by Crippen LogP contribution is -2.41. The maximum Gasteiger partial charge on any atom is 0.254 e. The second kappa shape index (κ2) is 8.26. The lowest BCUT2D eigenvalue weighted by atomic mass is 10.1. The van der Waals surface area contributed by atoms with Gasteiger partial charge in [-0.25, -0.2) is 8.42 Å². The molecule has 2 aromatic rings. The Morgan fingerprint density at radius 3 is 2.45 bits per heavy atom. The zero-order chi connectivity index (χ0) is 20.4. The fourth-order valence-corrected chi connectivity index (χ4v) is 5.29. The zero-order valence-corrected chi connectivity index (χ0v) is 17.4. The van der Waals surface area contributed by atoms with E-state index in [1.54, 1.807) is 25.1 Å². The number of aryl methyl sites for hydroxylation is 1. The Morgan fingerprint density at radius 1 is 1.10 bits per heavy atom. The molecule has 154 valence electrons. The minimum atomic E-state index is -3.66. The summed E-state index contributed by atoms with van der Waals surface area (Å²) in [6.45, 7) is 3.76. The van der Waals surface area contributed by atoms with Crippen molar-refractivity contribution in [3.8, 4) is 0 Å². The van der Waals surface area contributed by atoms with Gasteiger partial charge in [0.25, 0.3) is 5.91 Å². The minimum absolute atomic E-state index is 0.116. The number of hydrogen-bond donors (Lipinski definition) is 0. The number of morpholine rings is 1. The molecule has 6 nitrogen and oxygen atoms in total. The van der Waals surface area contributed by atoms with E-state index >= 15 is 0 Å². The zero-order valence-electron chi connectivity index (χ0n) is 16.6. The van der Waals surface area contributed by atoms with Crippen LogP contribution in [0.5, 0.6) is 0 Å². The van der Waals surface area contributed by atoms with Gasteiger partial charge in [0.15, 0.2) is 0 Å². The van der Waals surface area contributed by atoms with Crippen molar-refractivity contribution in [3.05, 3.63) is 65.2 Å². The van der Waals surface area contributed by atoms with Crippen LogP contribution >= 0.6 is 0 Å². The minimum Gasteiger partial charge on any atom is -0.379 e. The Bertz CT molecular complexity index is 981. The van der Waals surface area contributed by atoms with Gasteiger partial charge in [-0.15, -0.1) is 0 Å². The van der Waals surface area contributed by atoms with Crippen LogP contribution in [0.15, 0.2) is 53.4 Å². The molecule has 1 aliphatic carbocycles. The quantitative estimate of drug-likeness (QED) is 0.729. The summed E-state index contributed by atoms with van der Waals surface area (Å²) in [4.78, 5) is 15.4. The highest BCUT2D eigenvalue weighted by Gasteiger charge is 2.34. The molecule has 0 N–H and O–H groups in total. The van der Waals surface area contributed by atoms with Crippen LogP contribution in [0, 0.1) is 6.92 Å². The number of carbonyl (C=O) groups excluding carboxylic acids is 1. The fraction of sp³-hybridized carbons (Fsp3) is 0.409.